The summed E-state index contributed by atoms with van der Waals surface area (Å²) in [5, 5.41) is 2.94. The molecule has 0 aliphatic carbocycles. The van der Waals surface area contributed by atoms with Crippen LogP contribution in [0.25, 0.3) is 0 Å². The molecule has 0 spiro atoms. The van der Waals surface area contributed by atoms with Crippen molar-refractivity contribution in [3.05, 3.63) is 59.7 Å². The molecule has 1 heterocycles. The lowest BCUT2D eigenvalue weighted by Crippen LogP contribution is -2.50. The monoisotopic (exact) mass is 397 g/mol. The number of nitrogens with one attached hydrogen (secondary N) is 1. The van der Waals surface area contributed by atoms with Gasteiger partial charge < -0.3 is 19.7 Å². The lowest BCUT2D eigenvalue weighted by Gasteiger charge is -2.34. The molecule has 1 saturated heterocycles. The maximum absolute atomic E-state index is 12.7. The van der Waals surface area contributed by atoms with Gasteiger partial charge in [-0.1, -0.05) is 6.07 Å². The summed E-state index contributed by atoms with van der Waals surface area (Å²) < 4.78 is 10.3. The van der Waals surface area contributed by atoms with Crippen molar-refractivity contribution in [3.63, 3.8) is 0 Å². The largest absolute Gasteiger partial charge is 0.497 e. The smallest absolute Gasteiger partial charge is 0.254 e. The van der Waals surface area contributed by atoms with Gasteiger partial charge in [-0.2, -0.15) is 0 Å². The summed E-state index contributed by atoms with van der Waals surface area (Å²) in [6, 6.07) is 14.3. The van der Waals surface area contributed by atoms with Crippen LogP contribution in [0.4, 0.5) is 0 Å². The number of amides is 2. The molecule has 7 nitrogen and oxygen atoms in total. The van der Waals surface area contributed by atoms with E-state index in [1.807, 2.05) is 23.1 Å². The van der Waals surface area contributed by atoms with Gasteiger partial charge in [0.1, 0.15) is 11.5 Å². The molecule has 1 fully saturated rings. The maximum Gasteiger partial charge on any atom is 0.254 e. The SMILES string of the molecule is COc1ccc(C(=O)NCCN2CCN(C(=O)c3cccc(OC)c3)CC2)cc1. The zero-order valence-corrected chi connectivity index (χ0v) is 16.9. The van der Waals surface area contributed by atoms with E-state index in [1.54, 1.807) is 44.6 Å². The van der Waals surface area contributed by atoms with Crippen molar-refractivity contribution in [1.82, 2.24) is 15.1 Å². The number of hydrogen-bond donors (Lipinski definition) is 1. The zero-order chi connectivity index (χ0) is 20.6. The first-order valence-electron chi connectivity index (χ1n) is 9.68. The van der Waals surface area contributed by atoms with E-state index >= 15 is 0 Å². The summed E-state index contributed by atoms with van der Waals surface area (Å²) in [7, 11) is 3.19. The first-order valence-corrected chi connectivity index (χ1v) is 9.68. The van der Waals surface area contributed by atoms with Crippen molar-refractivity contribution in [2.24, 2.45) is 0 Å². The van der Waals surface area contributed by atoms with E-state index in [-0.39, 0.29) is 11.8 Å². The van der Waals surface area contributed by atoms with E-state index in [2.05, 4.69) is 10.2 Å². The van der Waals surface area contributed by atoms with Crippen LogP contribution in [0.5, 0.6) is 11.5 Å². The van der Waals surface area contributed by atoms with Gasteiger partial charge in [0.2, 0.25) is 0 Å². The number of carbonyl (C=O) groups excluding carboxylic acids is 2. The highest BCUT2D eigenvalue weighted by Crippen LogP contribution is 2.15. The minimum atomic E-state index is -0.0977. The van der Waals surface area contributed by atoms with Crippen molar-refractivity contribution in [2.75, 3.05) is 53.5 Å². The van der Waals surface area contributed by atoms with Crippen LogP contribution in [0.2, 0.25) is 0 Å². The van der Waals surface area contributed by atoms with Crippen molar-refractivity contribution in [3.8, 4) is 11.5 Å². The van der Waals surface area contributed by atoms with Crippen molar-refractivity contribution in [1.29, 1.82) is 0 Å². The highest BCUT2D eigenvalue weighted by Gasteiger charge is 2.22. The van der Waals surface area contributed by atoms with Crippen LogP contribution in [-0.2, 0) is 0 Å². The Morgan fingerprint density at radius 3 is 2.24 bits per heavy atom. The fourth-order valence-corrected chi connectivity index (χ4v) is 3.29. The van der Waals surface area contributed by atoms with Crippen LogP contribution in [0, 0.1) is 0 Å². The lowest BCUT2D eigenvalue weighted by atomic mass is 10.1. The molecule has 2 aromatic carbocycles. The topological polar surface area (TPSA) is 71.1 Å². The van der Waals surface area contributed by atoms with Gasteiger partial charge >= 0.3 is 0 Å². The summed E-state index contributed by atoms with van der Waals surface area (Å²) in [5.41, 5.74) is 1.25. The van der Waals surface area contributed by atoms with Gasteiger partial charge in [-0.3, -0.25) is 14.5 Å². The number of nitrogens with zero attached hydrogens (tertiary/aromatic N) is 2. The van der Waals surface area contributed by atoms with Crippen LogP contribution < -0.4 is 14.8 Å². The van der Waals surface area contributed by atoms with Crippen molar-refractivity contribution >= 4 is 11.8 Å². The summed E-state index contributed by atoms with van der Waals surface area (Å²) in [6.07, 6.45) is 0. The normalized spacial score (nSPS) is 14.3. The molecule has 0 unspecified atom stereocenters. The van der Waals surface area contributed by atoms with Gasteiger partial charge in [-0.05, 0) is 42.5 Å². The van der Waals surface area contributed by atoms with Gasteiger partial charge in [0.25, 0.3) is 11.8 Å². The fraction of sp³-hybridized carbons (Fsp3) is 0.364. The minimum absolute atomic E-state index is 0.0244. The molecule has 0 bridgehead atoms. The number of hydrogen-bond acceptors (Lipinski definition) is 5. The Balaban J connectivity index is 1.41. The number of benzene rings is 2. The van der Waals surface area contributed by atoms with Gasteiger partial charge in [0.15, 0.2) is 0 Å². The molecule has 1 aliphatic heterocycles. The first kappa shape index (κ1) is 20.7. The second-order valence-corrected chi connectivity index (χ2v) is 6.85. The Morgan fingerprint density at radius 1 is 0.897 bits per heavy atom. The average Bonchev–Trinajstić information content (AvgIpc) is 2.79. The van der Waals surface area contributed by atoms with E-state index in [9.17, 15) is 9.59 Å². The zero-order valence-electron chi connectivity index (χ0n) is 16.9. The van der Waals surface area contributed by atoms with Gasteiger partial charge in [0, 0.05) is 50.4 Å². The number of rotatable bonds is 7. The van der Waals surface area contributed by atoms with Gasteiger partial charge in [-0.25, -0.2) is 0 Å². The van der Waals surface area contributed by atoms with Crippen LogP contribution >= 0.6 is 0 Å². The molecule has 1 aliphatic rings. The van der Waals surface area contributed by atoms with E-state index < -0.39 is 0 Å². The molecule has 29 heavy (non-hydrogen) atoms. The highest BCUT2D eigenvalue weighted by molar-refractivity contribution is 5.95. The Labute approximate surface area is 171 Å². The summed E-state index contributed by atoms with van der Waals surface area (Å²) in [4.78, 5) is 29.0. The average molecular weight is 397 g/mol. The molecule has 154 valence electrons. The van der Waals surface area contributed by atoms with Crippen LogP contribution in [-0.4, -0.2) is 75.1 Å². The van der Waals surface area contributed by atoms with E-state index in [4.69, 9.17) is 9.47 Å². The number of piperazine rings is 1. The standard InChI is InChI=1S/C22H27N3O4/c1-28-19-8-6-17(7-9-19)21(26)23-10-11-24-12-14-25(15-13-24)22(27)18-4-3-5-20(16-18)29-2/h3-9,16H,10-15H2,1-2H3,(H,23,26). The Kier molecular flexibility index (Phi) is 7.08. The van der Waals surface area contributed by atoms with E-state index in [0.717, 1.165) is 25.4 Å². The molecule has 0 aromatic heterocycles. The number of carbonyl (C=O) groups is 2. The van der Waals surface area contributed by atoms with Gasteiger partial charge in [0.05, 0.1) is 14.2 Å². The van der Waals surface area contributed by atoms with Crippen LogP contribution in [0.1, 0.15) is 20.7 Å². The fourth-order valence-electron chi connectivity index (χ4n) is 3.29. The molecule has 2 amide bonds. The molecule has 1 N–H and O–H groups in total. The summed E-state index contributed by atoms with van der Waals surface area (Å²) >= 11 is 0. The Bertz CT molecular complexity index is 830. The number of methoxy groups -OCH3 is 2. The first-order chi connectivity index (χ1) is 14.1. The van der Waals surface area contributed by atoms with Crippen molar-refractivity contribution < 1.29 is 19.1 Å². The molecular weight excluding hydrogens is 370 g/mol. The summed E-state index contributed by atoms with van der Waals surface area (Å²) in [5.74, 6) is 1.33. The molecule has 0 atom stereocenters. The maximum atomic E-state index is 12.7. The molecule has 2 aromatic rings. The molecule has 0 radical (unpaired) electrons. The molecule has 3 rings (SSSR count). The lowest BCUT2D eigenvalue weighted by molar-refractivity contribution is 0.0637. The Hall–Kier alpha value is -3.06. The van der Waals surface area contributed by atoms with E-state index in [1.165, 1.54) is 0 Å². The predicted molar refractivity (Wildman–Crippen MR) is 111 cm³/mol. The summed E-state index contributed by atoms with van der Waals surface area (Å²) in [6.45, 7) is 4.23. The third-order valence-electron chi connectivity index (χ3n) is 5.04. The second kappa shape index (κ2) is 9.93. The third kappa shape index (κ3) is 5.48. The predicted octanol–water partition coefficient (Wildman–Crippen LogP) is 1.89. The highest BCUT2D eigenvalue weighted by atomic mass is 16.5. The van der Waals surface area contributed by atoms with E-state index in [0.29, 0.717) is 36.5 Å². The minimum Gasteiger partial charge on any atom is -0.497 e. The Morgan fingerprint density at radius 2 is 1.59 bits per heavy atom. The quantitative estimate of drug-likeness (QED) is 0.773. The third-order valence-corrected chi connectivity index (χ3v) is 5.04. The number of ether oxygens (including phenoxy) is 2. The molecule has 7 heteroatoms. The van der Waals surface area contributed by atoms with Crippen molar-refractivity contribution in [2.45, 2.75) is 0 Å². The van der Waals surface area contributed by atoms with Crippen LogP contribution in [0.15, 0.2) is 48.5 Å². The second-order valence-electron chi connectivity index (χ2n) is 6.85. The van der Waals surface area contributed by atoms with Crippen LogP contribution in [0.3, 0.4) is 0 Å². The molecule has 0 saturated carbocycles. The molecular formula is C22H27N3O4. The van der Waals surface area contributed by atoms with Gasteiger partial charge in [-0.15, -0.1) is 0 Å².